The van der Waals surface area contributed by atoms with Gasteiger partial charge in [-0.15, -0.1) is 0 Å². The van der Waals surface area contributed by atoms with Crippen molar-refractivity contribution in [1.29, 1.82) is 0 Å². The predicted octanol–water partition coefficient (Wildman–Crippen LogP) is 0.904. The van der Waals surface area contributed by atoms with E-state index in [2.05, 4.69) is 10.3 Å². The minimum absolute atomic E-state index is 0.139. The number of aliphatic hydroxyl groups excluding tert-OH is 1. The van der Waals surface area contributed by atoms with Gasteiger partial charge in [-0.3, -0.25) is 4.79 Å². The summed E-state index contributed by atoms with van der Waals surface area (Å²) in [6.45, 7) is -0.499. The molecule has 0 saturated carbocycles. The molecule has 2 aromatic rings. The second-order valence-corrected chi connectivity index (χ2v) is 5.87. The number of ketones is 1. The van der Waals surface area contributed by atoms with Crippen molar-refractivity contribution in [3.63, 3.8) is 0 Å². The van der Waals surface area contributed by atoms with Gasteiger partial charge in [0.15, 0.2) is 6.61 Å². The highest BCUT2D eigenvalue weighted by Crippen LogP contribution is 2.37. The maximum atomic E-state index is 12.6. The Morgan fingerprint density at radius 2 is 2.28 bits per heavy atom. The van der Waals surface area contributed by atoms with E-state index in [1.807, 2.05) is 24.4 Å². The van der Waals surface area contributed by atoms with E-state index in [4.69, 9.17) is 9.47 Å². The van der Waals surface area contributed by atoms with Crippen LogP contribution in [0.4, 0.5) is 0 Å². The van der Waals surface area contributed by atoms with Gasteiger partial charge in [-0.2, -0.15) is 0 Å². The van der Waals surface area contributed by atoms with Gasteiger partial charge in [-0.05, 0) is 23.8 Å². The van der Waals surface area contributed by atoms with Crippen LogP contribution in [0.15, 0.2) is 41.6 Å². The van der Waals surface area contributed by atoms with Gasteiger partial charge in [0.25, 0.3) is 0 Å². The summed E-state index contributed by atoms with van der Waals surface area (Å²) >= 11 is 0. The van der Waals surface area contributed by atoms with Crippen LogP contribution in [0.25, 0.3) is 16.6 Å². The van der Waals surface area contributed by atoms with Crippen LogP contribution >= 0.6 is 0 Å². The van der Waals surface area contributed by atoms with Crippen LogP contribution in [0.2, 0.25) is 0 Å². The summed E-state index contributed by atoms with van der Waals surface area (Å²) in [5.74, 6) is -0.228. The summed E-state index contributed by atoms with van der Waals surface area (Å²) in [6.07, 6.45) is 3.33. The third kappa shape index (κ3) is 2.40. The van der Waals surface area contributed by atoms with Gasteiger partial charge in [0.05, 0.1) is 25.0 Å². The van der Waals surface area contributed by atoms with Crippen molar-refractivity contribution in [3.8, 4) is 5.75 Å². The Morgan fingerprint density at radius 1 is 1.44 bits per heavy atom. The van der Waals surface area contributed by atoms with E-state index >= 15 is 0 Å². The number of aromatic amines is 1. The van der Waals surface area contributed by atoms with Gasteiger partial charge in [-0.1, -0.05) is 0 Å². The molecule has 1 atom stereocenters. The first-order valence-electron chi connectivity index (χ1n) is 7.80. The fourth-order valence-corrected chi connectivity index (χ4v) is 3.24. The number of aliphatic hydroxyl groups is 1. The normalized spacial score (nSPS) is 19.4. The standard InChI is InChI=1S/C18H16N2O5/c1-24-18(23)13-5-10(7-21)16-14(22)8-25-15-6-12-9(2-3-19-12)4-11(15)17(16)20-13/h2-6,13,19-21H,7-8H2,1H3. The molecule has 2 aliphatic heterocycles. The highest BCUT2D eigenvalue weighted by atomic mass is 16.5. The molecule has 0 radical (unpaired) electrons. The maximum Gasteiger partial charge on any atom is 0.332 e. The van der Waals surface area contributed by atoms with E-state index < -0.39 is 12.0 Å². The summed E-state index contributed by atoms with van der Waals surface area (Å²) in [7, 11) is 1.29. The van der Waals surface area contributed by atoms with Crippen molar-refractivity contribution in [1.82, 2.24) is 10.3 Å². The Morgan fingerprint density at radius 3 is 3.04 bits per heavy atom. The van der Waals surface area contributed by atoms with Gasteiger partial charge >= 0.3 is 5.97 Å². The molecule has 0 saturated heterocycles. The molecule has 3 N–H and O–H groups in total. The number of hydrogen-bond donors (Lipinski definition) is 3. The number of aromatic nitrogens is 1. The molecule has 0 fully saturated rings. The third-order valence-corrected chi connectivity index (χ3v) is 4.42. The summed E-state index contributed by atoms with van der Waals surface area (Å²) < 4.78 is 10.5. The van der Waals surface area contributed by atoms with Crippen molar-refractivity contribution in [2.24, 2.45) is 0 Å². The molecule has 1 unspecified atom stereocenters. The van der Waals surface area contributed by atoms with E-state index in [1.54, 1.807) is 0 Å². The first kappa shape index (κ1) is 15.5. The average Bonchev–Trinajstić information content (AvgIpc) is 3.05. The fraction of sp³-hybridized carbons (Fsp3) is 0.222. The average molecular weight is 340 g/mol. The number of carbonyl (C=O) groups excluding carboxylic acids is 2. The number of benzene rings is 1. The van der Waals surface area contributed by atoms with E-state index in [0.29, 0.717) is 28.2 Å². The minimum Gasteiger partial charge on any atom is -0.485 e. The van der Waals surface area contributed by atoms with Crippen LogP contribution in [-0.4, -0.2) is 48.2 Å². The van der Waals surface area contributed by atoms with E-state index in [-0.39, 0.29) is 19.0 Å². The Labute approximate surface area is 142 Å². The smallest absolute Gasteiger partial charge is 0.332 e. The zero-order chi connectivity index (χ0) is 17.6. The Kier molecular flexibility index (Phi) is 3.58. The summed E-state index contributed by atoms with van der Waals surface area (Å²) in [5.41, 5.74) is 2.76. The number of H-pyrrole nitrogens is 1. The Bertz CT molecular complexity index is 954. The molecule has 1 aromatic carbocycles. The lowest BCUT2D eigenvalue weighted by Gasteiger charge is -2.26. The van der Waals surface area contributed by atoms with Crippen molar-refractivity contribution in [2.45, 2.75) is 6.04 Å². The second-order valence-electron chi connectivity index (χ2n) is 5.87. The molecule has 0 bridgehead atoms. The highest BCUT2D eigenvalue weighted by Gasteiger charge is 2.33. The zero-order valence-corrected chi connectivity index (χ0v) is 13.5. The van der Waals surface area contributed by atoms with Gasteiger partial charge < -0.3 is 24.9 Å². The van der Waals surface area contributed by atoms with Gasteiger partial charge in [0, 0.05) is 28.7 Å². The van der Waals surface area contributed by atoms with Crippen molar-refractivity contribution in [2.75, 3.05) is 20.3 Å². The topological polar surface area (TPSA) is 101 Å². The summed E-state index contributed by atoms with van der Waals surface area (Å²) in [4.78, 5) is 27.7. The first-order valence-corrected chi connectivity index (χ1v) is 7.80. The van der Waals surface area contributed by atoms with E-state index in [1.165, 1.54) is 13.2 Å². The second kappa shape index (κ2) is 5.78. The number of carbonyl (C=O) groups is 2. The Hall–Kier alpha value is -3.06. The molecule has 0 spiro atoms. The number of dihydropyridines is 1. The number of Topliss-reactive ketones (excluding diaryl/α,β-unsaturated/α-hetero) is 1. The van der Waals surface area contributed by atoms with Crippen LogP contribution < -0.4 is 10.1 Å². The number of esters is 1. The molecule has 7 heteroatoms. The lowest BCUT2D eigenvalue weighted by atomic mass is 9.91. The van der Waals surface area contributed by atoms with Crippen LogP contribution in [0, 0.1) is 0 Å². The predicted molar refractivity (Wildman–Crippen MR) is 89.8 cm³/mol. The summed E-state index contributed by atoms with van der Waals surface area (Å²) in [5, 5.41) is 13.7. The SMILES string of the molecule is COC(=O)C1C=C(CO)C2=C(N1)c1cc3cc[nH]c3cc1OCC2=O. The van der Waals surface area contributed by atoms with Crippen molar-refractivity contribution < 1.29 is 24.2 Å². The van der Waals surface area contributed by atoms with Gasteiger partial charge in [0.1, 0.15) is 11.8 Å². The largest absolute Gasteiger partial charge is 0.485 e. The van der Waals surface area contributed by atoms with E-state index in [9.17, 15) is 14.7 Å². The quantitative estimate of drug-likeness (QED) is 0.703. The number of methoxy groups -OCH3 is 1. The molecule has 1 aromatic heterocycles. The lowest BCUT2D eigenvalue weighted by molar-refractivity contribution is -0.141. The molecule has 3 heterocycles. The van der Waals surface area contributed by atoms with Crippen molar-refractivity contribution in [3.05, 3.63) is 47.2 Å². The molecule has 0 aliphatic carbocycles. The maximum absolute atomic E-state index is 12.6. The highest BCUT2D eigenvalue weighted by molar-refractivity contribution is 6.10. The fourth-order valence-electron chi connectivity index (χ4n) is 3.24. The molecule has 7 nitrogen and oxygen atoms in total. The number of rotatable bonds is 2. The number of fused-ring (bicyclic) bond motifs is 3. The van der Waals surface area contributed by atoms with Crippen molar-refractivity contribution >= 4 is 28.4 Å². The van der Waals surface area contributed by atoms with E-state index in [0.717, 1.165) is 10.9 Å². The monoisotopic (exact) mass is 340 g/mol. The lowest BCUT2D eigenvalue weighted by Crippen LogP contribution is -2.39. The number of ether oxygens (including phenoxy) is 2. The summed E-state index contributed by atoms with van der Waals surface area (Å²) in [6, 6.07) is 4.83. The molecular weight excluding hydrogens is 324 g/mol. The molecule has 25 heavy (non-hydrogen) atoms. The molecule has 2 aliphatic rings. The number of nitrogens with one attached hydrogen (secondary N) is 2. The Balaban J connectivity index is 1.94. The zero-order valence-electron chi connectivity index (χ0n) is 13.5. The minimum atomic E-state index is -0.786. The van der Waals surface area contributed by atoms with Gasteiger partial charge in [0.2, 0.25) is 5.78 Å². The van der Waals surface area contributed by atoms with Crippen LogP contribution in [-0.2, 0) is 14.3 Å². The van der Waals surface area contributed by atoms with Crippen LogP contribution in [0.1, 0.15) is 5.56 Å². The molecular formula is C18H16N2O5. The number of hydrogen-bond acceptors (Lipinski definition) is 6. The third-order valence-electron chi connectivity index (χ3n) is 4.42. The molecule has 4 rings (SSSR count). The van der Waals surface area contributed by atoms with Crippen LogP contribution in [0.3, 0.4) is 0 Å². The molecule has 0 amide bonds. The first-order chi connectivity index (χ1) is 12.1. The van der Waals surface area contributed by atoms with Gasteiger partial charge in [-0.25, -0.2) is 4.79 Å². The molecule has 128 valence electrons. The van der Waals surface area contributed by atoms with Crippen LogP contribution in [0.5, 0.6) is 5.75 Å².